The predicted octanol–water partition coefficient (Wildman–Crippen LogP) is 3.40. The Hall–Kier alpha value is -2.01. The summed E-state index contributed by atoms with van der Waals surface area (Å²) in [6.45, 7) is 5.29. The number of benzene rings is 1. The summed E-state index contributed by atoms with van der Waals surface area (Å²) in [5.74, 6) is 1.74. The molecular formula is C16H20N2O2S. The summed E-state index contributed by atoms with van der Waals surface area (Å²) in [6.07, 6.45) is 1.65. The number of nitrogens with one attached hydrogen (secondary N) is 2. The van der Waals surface area contributed by atoms with Crippen LogP contribution in [0.2, 0.25) is 0 Å². The first-order valence-corrected chi connectivity index (χ1v) is 7.39. The Morgan fingerprint density at radius 1 is 1.29 bits per heavy atom. The second kappa shape index (κ2) is 7.69. The molecule has 1 aromatic carbocycles. The van der Waals surface area contributed by atoms with Crippen LogP contribution in [0.5, 0.6) is 5.75 Å². The van der Waals surface area contributed by atoms with Gasteiger partial charge in [-0.15, -0.1) is 0 Å². The number of hydrogen-bond acceptors (Lipinski definition) is 3. The molecule has 21 heavy (non-hydrogen) atoms. The third-order valence-electron chi connectivity index (χ3n) is 3.04. The number of ether oxygens (including phenoxy) is 1. The van der Waals surface area contributed by atoms with Gasteiger partial charge in [-0.3, -0.25) is 0 Å². The number of furan rings is 1. The van der Waals surface area contributed by atoms with Gasteiger partial charge in [0, 0.05) is 0 Å². The van der Waals surface area contributed by atoms with Crippen LogP contribution in [-0.2, 0) is 6.54 Å². The molecule has 0 aliphatic rings. The van der Waals surface area contributed by atoms with Crippen LogP contribution in [-0.4, -0.2) is 11.7 Å². The molecule has 0 saturated carbocycles. The zero-order valence-corrected chi connectivity index (χ0v) is 13.1. The van der Waals surface area contributed by atoms with Gasteiger partial charge in [0.05, 0.1) is 25.5 Å². The third-order valence-corrected chi connectivity index (χ3v) is 3.30. The topological polar surface area (TPSA) is 46.4 Å². The molecular weight excluding hydrogens is 284 g/mol. The van der Waals surface area contributed by atoms with Crippen molar-refractivity contribution in [3.8, 4) is 5.75 Å². The van der Waals surface area contributed by atoms with E-state index in [1.165, 1.54) is 0 Å². The van der Waals surface area contributed by atoms with Crippen molar-refractivity contribution in [3.05, 3.63) is 54.0 Å². The van der Waals surface area contributed by atoms with E-state index in [0.29, 0.717) is 18.3 Å². The van der Waals surface area contributed by atoms with Gasteiger partial charge in [0.15, 0.2) is 5.11 Å². The second-order valence-electron chi connectivity index (χ2n) is 4.63. The summed E-state index contributed by atoms with van der Waals surface area (Å²) in [6, 6.07) is 11.9. The first-order valence-electron chi connectivity index (χ1n) is 6.98. The van der Waals surface area contributed by atoms with Crippen LogP contribution in [0.4, 0.5) is 0 Å². The van der Waals surface area contributed by atoms with Crippen LogP contribution in [0, 0.1) is 0 Å². The minimum Gasteiger partial charge on any atom is -0.494 e. The first kappa shape index (κ1) is 15.4. The van der Waals surface area contributed by atoms with Crippen LogP contribution < -0.4 is 15.4 Å². The Balaban J connectivity index is 1.82. The van der Waals surface area contributed by atoms with E-state index in [0.717, 1.165) is 17.1 Å². The Labute approximate surface area is 130 Å². The molecule has 112 valence electrons. The largest absolute Gasteiger partial charge is 0.494 e. The molecule has 0 spiro atoms. The molecule has 2 aromatic rings. The molecule has 0 radical (unpaired) electrons. The lowest BCUT2D eigenvalue weighted by Gasteiger charge is -2.17. The smallest absolute Gasteiger partial charge is 0.167 e. The summed E-state index contributed by atoms with van der Waals surface area (Å²) in [7, 11) is 0. The van der Waals surface area contributed by atoms with E-state index in [1.807, 2.05) is 43.3 Å². The number of rotatable bonds is 6. The highest BCUT2D eigenvalue weighted by atomic mass is 32.1. The third kappa shape index (κ3) is 4.79. The van der Waals surface area contributed by atoms with E-state index in [-0.39, 0.29) is 6.04 Å². The van der Waals surface area contributed by atoms with E-state index in [1.54, 1.807) is 6.26 Å². The highest BCUT2D eigenvalue weighted by molar-refractivity contribution is 7.80. The van der Waals surface area contributed by atoms with Crippen molar-refractivity contribution in [1.82, 2.24) is 10.6 Å². The fourth-order valence-electron chi connectivity index (χ4n) is 1.93. The maximum absolute atomic E-state index is 5.43. The lowest BCUT2D eigenvalue weighted by atomic mass is 10.1. The molecule has 0 bridgehead atoms. The predicted molar refractivity (Wildman–Crippen MR) is 87.3 cm³/mol. The fraction of sp³-hybridized carbons (Fsp3) is 0.312. The van der Waals surface area contributed by atoms with E-state index < -0.39 is 0 Å². The standard InChI is InChI=1S/C16H20N2O2S/c1-3-19-14-8-6-13(7-9-14)12(2)18-16(21)17-11-15-5-4-10-20-15/h4-10,12H,3,11H2,1-2H3,(H2,17,18,21). The minimum absolute atomic E-state index is 0.122. The molecule has 0 aliphatic heterocycles. The molecule has 0 saturated heterocycles. The second-order valence-corrected chi connectivity index (χ2v) is 5.04. The number of hydrogen-bond donors (Lipinski definition) is 2. The number of thiocarbonyl (C=S) groups is 1. The molecule has 2 rings (SSSR count). The molecule has 0 fully saturated rings. The average molecular weight is 304 g/mol. The normalized spacial score (nSPS) is 11.7. The van der Waals surface area contributed by atoms with Gasteiger partial charge >= 0.3 is 0 Å². The maximum Gasteiger partial charge on any atom is 0.167 e. The molecule has 1 unspecified atom stereocenters. The highest BCUT2D eigenvalue weighted by Gasteiger charge is 2.07. The summed E-state index contributed by atoms with van der Waals surface area (Å²) in [4.78, 5) is 0. The molecule has 1 atom stereocenters. The van der Waals surface area contributed by atoms with E-state index in [2.05, 4.69) is 17.6 Å². The molecule has 1 aromatic heterocycles. The monoisotopic (exact) mass is 304 g/mol. The fourth-order valence-corrected chi connectivity index (χ4v) is 2.18. The van der Waals surface area contributed by atoms with Crippen LogP contribution in [0.15, 0.2) is 47.1 Å². The van der Waals surface area contributed by atoms with Crippen LogP contribution in [0.3, 0.4) is 0 Å². The SMILES string of the molecule is CCOc1ccc(C(C)NC(=S)NCc2ccco2)cc1. The van der Waals surface area contributed by atoms with Crippen LogP contribution in [0.25, 0.3) is 0 Å². The van der Waals surface area contributed by atoms with Crippen molar-refractivity contribution < 1.29 is 9.15 Å². The molecule has 5 heteroatoms. The van der Waals surface area contributed by atoms with Crippen molar-refractivity contribution in [2.24, 2.45) is 0 Å². The van der Waals surface area contributed by atoms with Gasteiger partial charge in [-0.2, -0.15) is 0 Å². The molecule has 4 nitrogen and oxygen atoms in total. The Bertz CT molecular complexity index is 552. The quantitative estimate of drug-likeness (QED) is 0.801. The van der Waals surface area contributed by atoms with Crippen molar-refractivity contribution in [1.29, 1.82) is 0 Å². The van der Waals surface area contributed by atoms with Crippen LogP contribution in [0.1, 0.15) is 31.2 Å². The van der Waals surface area contributed by atoms with Crippen molar-refractivity contribution in [2.75, 3.05) is 6.61 Å². The summed E-state index contributed by atoms with van der Waals surface area (Å²) >= 11 is 5.28. The lowest BCUT2D eigenvalue weighted by Crippen LogP contribution is -2.36. The zero-order valence-electron chi connectivity index (χ0n) is 12.3. The van der Waals surface area contributed by atoms with Crippen molar-refractivity contribution >= 4 is 17.3 Å². The Morgan fingerprint density at radius 2 is 2.05 bits per heavy atom. The highest BCUT2D eigenvalue weighted by Crippen LogP contribution is 2.17. The van der Waals surface area contributed by atoms with Gasteiger partial charge in [0.2, 0.25) is 0 Å². The van der Waals surface area contributed by atoms with Gasteiger partial charge in [-0.25, -0.2) is 0 Å². The van der Waals surface area contributed by atoms with Gasteiger partial charge in [-0.05, 0) is 55.9 Å². The van der Waals surface area contributed by atoms with Gasteiger partial charge in [0.25, 0.3) is 0 Å². The van der Waals surface area contributed by atoms with E-state index >= 15 is 0 Å². The van der Waals surface area contributed by atoms with Crippen LogP contribution >= 0.6 is 12.2 Å². The molecule has 2 N–H and O–H groups in total. The maximum atomic E-state index is 5.43. The van der Waals surface area contributed by atoms with E-state index in [9.17, 15) is 0 Å². The van der Waals surface area contributed by atoms with Gasteiger partial charge in [0.1, 0.15) is 11.5 Å². The Morgan fingerprint density at radius 3 is 2.67 bits per heavy atom. The minimum atomic E-state index is 0.122. The first-order chi connectivity index (χ1) is 10.2. The molecule has 0 aliphatic carbocycles. The Kier molecular flexibility index (Phi) is 5.63. The van der Waals surface area contributed by atoms with Gasteiger partial charge < -0.3 is 19.8 Å². The zero-order chi connectivity index (χ0) is 15.1. The van der Waals surface area contributed by atoms with Crippen molar-refractivity contribution in [2.45, 2.75) is 26.4 Å². The van der Waals surface area contributed by atoms with E-state index in [4.69, 9.17) is 21.4 Å². The summed E-state index contributed by atoms with van der Waals surface area (Å²) in [5, 5.41) is 6.97. The summed E-state index contributed by atoms with van der Waals surface area (Å²) < 4.78 is 10.7. The van der Waals surface area contributed by atoms with Crippen molar-refractivity contribution in [3.63, 3.8) is 0 Å². The molecule has 0 amide bonds. The summed E-state index contributed by atoms with van der Waals surface area (Å²) in [5.41, 5.74) is 1.15. The van der Waals surface area contributed by atoms with Gasteiger partial charge in [-0.1, -0.05) is 12.1 Å². The lowest BCUT2D eigenvalue weighted by molar-refractivity contribution is 0.340. The molecule has 1 heterocycles. The average Bonchev–Trinajstić information content (AvgIpc) is 2.99.